The summed E-state index contributed by atoms with van der Waals surface area (Å²) in [6, 6.07) is 9.44. The summed E-state index contributed by atoms with van der Waals surface area (Å²) in [6.45, 7) is 0. The van der Waals surface area contributed by atoms with E-state index in [2.05, 4.69) is 25.9 Å². The van der Waals surface area contributed by atoms with Crippen LogP contribution in [0.3, 0.4) is 0 Å². The van der Waals surface area contributed by atoms with Crippen LogP contribution < -0.4 is 21.5 Å². The third kappa shape index (κ3) is 4.68. The van der Waals surface area contributed by atoms with E-state index in [1.807, 2.05) is 0 Å². The quantitative estimate of drug-likeness (QED) is 0.383. The van der Waals surface area contributed by atoms with Gasteiger partial charge in [-0.05, 0) is 30.3 Å². The Bertz CT molecular complexity index is 1290. The normalized spacial score (nSPS) is 15.0. The molecule has 0 fully saturated rings. The van der Waals surface area contributed by atoms with Gasteiger partial charge in [0.15, 0.2) is 0 Å². The molecule has 164 valence electrons. The molecule has 0 radical (unpaired) electrons. The first-order valence-electron chi connectivity index (χ1n) is 9.13. The van der Waals surface area contributed by atoms with Crippen LogP contribution in [0.5, 0.6) is 0 Å². The minimum absolute atomic E-state index is 0.0231. The summed E-state index contributed by atoms with van der Waals surface area (Å²) in [7, 11) is 0. The van der Waals surface area contributed by atoms with Crippen molar-refractivity contribution < 1.29 is 9.59 Å². The first kappa shape index (κ1) is 22.4. The van der Waals surface area contributed by atoms with Crippen LogP contribution in [0.4, 0.5) is 23.1 Å². The van der Waals surface area contributed by atoms with Gasteiger partial charge < -0.3 is 16.0 Å². The molecule has 1 aromatic heterocycles. The second-order valence-corrected chi connectivity index (χ2v) is 8.51. The maximum Gasteiger partial charge on any atom is 0.258 e. The average Bonchev–Trinajstić information content (AvgIpc) is 2.69. The number of carbonyl (C=O) groups is 2. The highest BCUT2D eigenvalue weighted by Crippen LogP contribution is 2.33. The van der Waals surface area contributed by atoms with Gasteiger partial charge in [-0.1, -0.05) is 52.5 Å². The van der Waals surface area contributed by atoms with Crippen molar-refractivity contribution in [1.82, 2.24) is 9.97 Å². The molecule has 2 amide bonds. The van der Waals surface area contributed by atoms with Gasteiger partial charge in [-0.15, -0.1) is 0 Å². The van der Waals surface area contributed by atoms with Gasteiger partial charge in [0.2, 0.25) is 17.8 Å². The number of nitrogens with one attached hydrogen (secondary N) is 4. The molecule has 0 saturated carbocycles. The number of carbonyl (C=O) groups excluding carboxylic acids is 2. The van der Waals surface area contributed by atoms with E-state index in [4.69, 9.17) is 46.4 Å². The monoisotopic (exact) mass is 511 g/mol. The van der Waals surface area contributed by atoms with Crippen LogP contribution in [0.15, 0.2) is 41.2 Å². The lowest BCUT2D eigenvalue weighted by Crippen LogP contribution is -2.36. The first-order valence-corrected chi connectivity index (χ1v) is 10.6. The van der Waals surface area contributed by atoms with Gasteiger partial charge in [0.05, 0.1) is 27.2 Å². The molecular weight excluding hydrogens is 500 g/mol. The van der Waals surface area contributed by atoms with Gasteiger partial charge in [-0.2, -0.15) is 4.98 Å². The van der Waals surface area contributed by atoms with E-state index in [1.165, 1.54) is 0 Å². The highest BCUT2D eigenvalue weighted by atomic mass is 35.5. The van der Waals surface area contributed by atoms with Gasteiger partial charge in [-0.25, -0.2) is 0 Å². The number of H-pyrrole nitrogens is 1. The van der Waals surface area contributed by atoms with E-state index in [9.17, 15) is 14.4 Å². The molecule has 1 unspecified atom stereocenters. The smallest absolute Gasteiger partial charge is 0.258 e. The fraction of sp³-hybridized carbons (Fsp3) is 0.100. The molecule has 12 heteroatoms. The van der Waals surface area contributed by atoms with Crippen LogP contribution in [0.1, 0.15) is 17.9 Å². The highest BCUT2D eigenvalue weighted by molar-refractivity contribution is 6.44. The van der Waals surface area contributed by atoms with Gasteiger partial charge in [0.25, 0.3) is 5.56 Å². The molecule has 2 heterocycles. The molecule has 2 aromatic carbocycles. The van der Waals surface area contributed by atoms with E-state index < -0.39 is 23.3 Å². The Kier molecular flexibility index (Phi) is 6.30. The molecule has 4 N–H and O–H groups in total. The van der Waals surface area contributed by atoms with E-state index >= 15 is 0 Å². The lowest BCUT2D eigenvalue weighted by atomic mass is 9.92. The van der Waals surface area contributed by atoms with Crippen LogP contribution in [-0.2, 0) is 9.59 Å². The number of rotatable bonds is 4. The number of hydrogen-bond donors (Lipinski definition) is 4. The Morgan fingerprint density at radius 2 is 1.78 bits per heavy atom. The zero-order valence-electron chi connectivity index (χ0n) is 15.9. The summed E-state index contributed by atoms with van der Waals surface area (Å²) in [4.78, 5) is 44.8. The number of anilines is 4. The van der Waals surface area contributed by atoms with E-state index in [-0.39, 0.29) is 39.5 Å². The van der Waals surface area contributed by atoms with Crippen molar-refractivity contribution in [3.8, 4) is 0 Å². The molecule has 8 nitrogen and oxygen atoms in total. The predicted octanol–water partition coefficient (Wildman–Crippen LogP) is 5.19. The third-order valence-electron chi connectivity index (χ3n) is 4.60. The summed E-state index contributed by atoms with van der Waals surface area (Å²) in [5.74, 6) is -2.14. The number of benzene rings is 2. The van der Waals surface area contributed by atoms with Crippen LogP contribution >= 0.6 is 46.4 Å². The van der Waals surface area contributed by atoms with Gasteiger partial charge in [0, 0.05) is 22.2 Å². The summed E-state index contributed by atoms with van der Waals surface area (Å²) < 4.78 is 0. The molecule has 4 rings (SSSR count). The minimum Gasteiger partial charge on any atom is -0.326 e. The lowest BCUT2D eigenvalue weighted by Gasteiger charge is -2.24. The number of amides is 2. The van der Waals surface area contributed by atoms with Crippen LogP contribution in [-0.4, -0.2) is 21.8 Å². The highest BCUT2D eigenvalue weighted by Gasteiger charge is 2.35. The number of aromatic nitrogens is 2. The standard InChI is InChI=1S/C20H13Cl4N5O3/c21-8-4-9(22)6-10(5-8)25-20-28-17-15(19(32)29-20)11(7-14(30)27-17)18(31)26-13-3-1-2-12(23)16(13)24/h1-6,11H,7H2,(H,26,31)(H3,25,27,28,29,30,32). The summed E-state index contributed by atoms with van der Waals surface area (Å²) >= 11 is 24.1. The lowest BCUT2D eigenvalue weighted by molar-refractivity contribution is -0.123. The van der Waals surface area contributed by atoms with E-state index in [1.54, 1.807) is 36.4 Å². The minimum atomic E-state index is -1.08. The van der Waals surface area contributed by atoms with Crippen molar-refractivity contribution in [2.75, 3.05) is 16.0 Å². The Hall–Kier alpha value is -2.78. The van der Waals surface area contributed by atoms with Crippen LogP contribution in [0.2, 0.25) is 20.1 Å². The van der Waals surface area contributed by atoms with Crippen molar-refractivity contribution >= 4 is 81.4 Å². The summed E-state index contributed by atoms with van der Waals surface area (Å²) in [5, 5.41) is 9.17. The molecule has 3 aromatic rings. The number of nitrogens with zero attached hydrogens (tertiary/aromatic N) is 1. The molecular formula is C20H13Cl4N5O3. The van der Waals surface area contributed by atoms with Gasteiger partial charge >= 0.3 is 0 Å². The Morgan fingerprint density at radius 1 is 1.06 bits per heavy atom. The Labute approximate surface area is 201 Å². The molecule has 0 saturated heterocycles. The third-order valence-corrected chi connectivity index (χ3v) is 5.86. The van der Waals surface area contributed by atoms with Gasteiger partial charge in [-0.3, -0.25) is 19.4 Å². The molecule has 1 atom stereocenters. The summed E-state index contributed by atoms with van der Waals surface area (Å²) in [5.41, 5.74) is 0.160. The predicted molar refractivity (Wildman–Crippen MR) is 126 cm³/mol. The fourth-order valence-electron chi connectivity index (χ4n) is 3.24. The largest absolute Gasteiger partial charge is 0.326 e. The van der Waals surface area contributed by atoms with Crippen LogP contribution in [0, 0.1) is 0 Å². The zero-order valence-corrected chi connectivity index (χ0v) is 19.0. The molecule has 1 aliphatic heterocycles. The van der Waals surface area contributed by atoms with Crippen molar-refractivity contribution in [2.24, 2.45) is 0 Å². The van der Waals surface area contributed by atoms with E-state index in [0.717, 1.165) is 0 Å². The topological polar surface area (TPSA) is 116 Å². The van der Waals surface area contributed by atoms with E-state index in [0.29, 0.717) is 15.7 Å². The Morgan fingerprint density at radius 3 is 2.50 bits per heavy atom. The molecule has 0 spiro atoms. The van der Waals surface area contributed by atoms with Crippen molar-refractivity contribution in [1.29, 1.82) is 0 Å². The van der Waals surface area contributed by atoms with Crippen molar-refractivity contribution in [3.63, 3.8) is 0 Å². The number of halogens is 4. The zero-order chi connectivity index (χ0) is 23.0. The second kappa shape index (κ2) is 8.99. The van der Waals surface area contributed by atoms with Crippen molar-refractivity contribution in [2.45, 2.75) is 12.3 Å². The number of aromatic amines is 1. The molecule has 1 aliphatic rings. The van der Waals surface area contributed by atoms with Crippen molar-refractivity contribution in [3.05, 3.63) is 72.4 Å². The SMILES string of the molecule is O=C1CC(C(=O)Nc2cccc(Cl)c2Cl)c2c(nc(Nc3cc(Cl)cc(Cl)c3)[nH]c2=O)N1. The molecule has 32 heavy (non-hydrogen) atoms. The molecule has 0 aliphatic carbocycles. The van der Waals surface area contributed by atoms with Gasteiger partial charge in [0.1, 0.15) is 5.82 Å². The second-order valence-electron chi connectivity index (χ2n) is 6.86. The fourth-order valence-corrected chi connectivity index (χ4v) is 4.11. The summed E-state index contributed by atoms with van der Waals surface area (Å²) in [6.07, 6.45) is -0.238. The maximum atomic E-state index is 12.9. The Balaban J connectivity index is 1.66. The average molecular weight is 513 g/mol. The molecule has 0 bridgehead atoms. The number of fused-ring (bicyclic) bond motifs is 1. The number of hydrogen-bond acceptors (Lipinski definition) is 5. The first-order chi connectivity index (χ1) is 15.2. The van der Waals surface area contributed by atoms with Crippen LogP contribution in [0.25, 0.3) is 0 Å². The maximum absolute atomic E-state index is 12.9.